The molecule has 0 aliphatic carbocycles. The van der Waals surface area contributed by atoms with Gasteiger partial charge in [0, 0.05) is 11.1 Å². The molecule has 0 saturated carbocycles. The monoisotopic (exact) mass is 336 g/mol. The van der Waals surface area contributed by atoms with Gasteiger partial charge in [0.25, 0.3) is 0 Å². The fraction of sp³-hybridized carbons (Fsp3) is 0.273. The maximum Gasteiger partial charge on any atom is 0.127 e. The van der Waals surface area contributed by atoms with Crippen molar-refractivity contribution in [3.8, 4) is 0 Å². The Kier molecular flexibility index (Phi) is 4.77. The highest BCUT2D eigenvalue weighted by Crippen LogP contribution is 2.17. The van der Waals surface area contributed by atoms with Crippen molar-refractivity contribution in [3.05, 3.63) is 83.7 Å². The minimum atomic E-state index is -0.128. The van der Waals surface area contributed by atoms with Crippen molar-refractivity contribution >= 4 is 10.8 Å². The van der Waals surface area contributed by atoms with E-state index in [9.17, 15) is 4.39 Å². The average molecular weight is 336 g/mol. The van der Waals surface area contributed by atoms with Gasteiger partial charge in [-0.15, -0.1) is 0 Å². The summed E-state index contributed by atoms with van der Waals surface area (Å²) in [6.45, 7) is 6.67. The van der Waals surface area contributed by atoms with E-state index in [1.165, 1.54) is 35.5 Å². The zero-order chi connectivity index (χ0) is 17.1. The van der Waals surface area contributed by atoms with Crippen LogP contribution in [0.25, 0.3) is 10.8 Å². The first kappa shape index (κ1) is 16.2. The molecule has 0 amide bonds. The maximum absolute atomic E-state index is 13.3. The lowest BCUT2D eigenvalue weighted by Crippen LogP contribution is -3.27. The molecular weight excluding hydrogens is 311 g/mol. The first-order valence-corrected chi connectivity index (χ1v) is 9.16. The van der Waals surface area contributed by atoms with Crippen molar-refractivity contribution in [2.24, 2.45) is 0 Å². The summed E-state index contributed by atoms with van der Waals surface area (Å²) in [6.07, 6.45) is 0. The van der Waals surface area contributed by atoms with Crippen molar-refractivity contribution in [1.82, 2.24) is 0 Å². The topological polar surface area (TPSA) is 8.88 Å². The van der Waals surface area contributed by atoms with Gasteiger partial charge in [-0.25, -0.2) is 4.39 Å². The Morgan fingerprint density at radius 2 is 1.40 bits per heavy atom. The second kappa shape index (κ2) is 7.34. The molecule has 0 aromatic heterocycles. The Morgan fingerprint density at radius 3 is 2.20 bits per heavy atom. The van der Waals surface area contributed by atoms with Crippen LogP contribution in [0.2, 0.25) is 0 Å². The Balaban J connectivity index is 1.37. The minimum Gasteiger partial charge on any atom is -0.322 e. The highest BCUT2D eigenvalue weighted by molar-refractivity contribution is 5.85. The molecule has 0 unspecified atom stereocenters. The second-order valence-corrected chi connectivity index (χ2v) is 7.12. The van der Waals surface area contributed by atoms with E-state index in [2.05, 4.69) is 42.5 Å². The van der Waals surface area contributed by atoms with Crippen LogP contribution in [0.3, 0.4) is 0 Å². The highest BCUT2D eigenvalue weighted by atomic mass is 19.1. The van der Waals surface area contributed by atoms with Gasteiger partial charge >= 0.3 is 0 Å². The SMILES string of the molecule is Fc1cccc(C[NH+]2CC[NH+](Cc3cccc4ccccc34)CC2)c1. The van der Waals surface area contributed by atoms with E-state index in [0.717, 1.165) is 31.7 Å². The molecule has 0 atom stereocenters. The molecule has 0 bridgehead atoms. The number of piperazine rings is 1. The van der Waals surface area contributed by atoms with Crippen molar-refractivity contribution in [1.29, 1.82) is 0 Å². The summed E-state index contributed by atoms with van der Waals surface area (Å²) < 4.78 is 13.3. The van der Waals surface area contributed by atoms with Gasteiger partial charge in [0.05, 0.1) is 0 Å². The molecule has 3 aromatic carbocycles. The van der Waals surface area contributed by atoms with Crippen molar-refractivity contribution < 1.29 is 14.2 Å². The summed E-state index contributed by atoms with van der Waals surface area (Å²) in [4.78, 5) is 3.21. The average Bonchev–Trinajstić information content (AvgIpc) is 2.64. The van der Waals surface area contributed by atoms with Crippen molar-refractivity contribution in [3.63, 3.8) is 0 Å². The Hall–Kier alpha value is -2.23. The highest BCUT2D eigenvalue weighted by Gasteiger charge is 2.23. The third-order valence-electron chi connectivity index (χ3n) is 5.33. The summed E-state index contributed by atoms with van der Waals surface area (Å²) in [6, 6.07) is 22.3. The molecular formula is C22H25FN2+2. The number of rotatable bonds is 4. The summed E-state index contributed by atoms with van der Waals surface area (Å²) in [5.74, 6) is -0.128. The number of fused-ring (bicyclic) bond motifs is 1. The van der Waals surface area contributed by atoms with E-state index < -0.39 is 0 Å². The number of benzene rings is 3. The second-order valence-electron chi connectivity index (χ2n) is 7.12. The van der Waals surface area contributed by atoms with Crippen LogP contribution in [0.1, 0.15) is 11.1 Å². The number of quaternary nitrogens is 2. The van der Waals surface area contributed by atoms with Gasteiger partial charge in [-0.3, -0.25) is 0 Å². The minimum absolute atomic E-state index is 0.128. The van der Waals surface area contributed by atoms with E-state index in [1.54, 1.807) is 15.9 Å². The van der Waals surface area contributed by atoms with Crippen LogP contribution in [0.15, 0.2) is 66.7 Å². The lowest BCUT2D eigenvalue weighted by atomic mass is 10.0. The van der Waals surface area contributed by atoms with Gasteiger partial charge in [0.2, 0.25) is 0 Å². The lowest BCUT2D eigenvalue weighted by Gasteiger charge is -2.30. The van der Waals surface area contributed by atoms with Crippen LogP contribution in [-0.4, -0.2) is 26.2 Å². The molecule has 1 heterocycles. The number of hydrogen-bond donors (Lipinski definition) is 2. The summed E-state index contributed by atoms with van der Waals surface area (Å²) in [7, 11) is 0. The molecule has 25 heavy (non-hydrogen) atoms. The first-order valence-electron chi connectivity index (χ1n) is 9.16. The predicted molar refractivity (Wildman–Crippen MR) is 99.1 cm³/mol. The number of halogens is 1. The van der Waals surface area contributed by atoms with Gasteiger partial charge < -0.3 is 9.80 Å². The molecule has 128 valence electrons. The largest absolute Gasteiger partial charge is 0.322 e. The molecule has 2 N–H and O–H groups in total. The zero-order valence-electron chi connectivity index (χ0n) is 14.5. The van der Waals surface area contributed by atoms with Gasteiger partial charge in [0.15, 0.2) is 0 Å². The lowest BCUT2D eigenvalue weighted by molar-refractivity contribution is -1.02. The number of hydrogen-bond acceptors (Lipinski definition) is 0. The standard InChI is InChI=1S/C22H23FN2/c23-21-9-3-5-18(15-21)16-24-11-13-25(14-12-24)17-20-8-4-7-19-6-1-2-10-22(19)20/h1-10,15H,11-14,16-17H2/p+2. The van der Waals surface area contributed by atoms with E-state index >= 15 is 0 Å². The van der Waals surface area contributed by atoms with Crippen LogP contribution in [0.5, 0.6) is 0 Å². The summed E-state index contributed by atoms with van der Waals surface area (Å²) in [5, 5.41) is 2.71. The summed E-state index contributed by atoms with van der Waals surface area (Å²) in [5.41, 5.74) is 2.55. The van der Waals surface area contributed by atoms with Crippen molar-refractivity contribution in [2.75, 3.05) is 26.2 Å². The van der Waals surface area contributed by atoms with Gasteiger partial charge in [-0.05, 0) is 22.9 Å². The fourth-order valence-electron chi connectivity index (χ4n) is 3.96. The van der Waals surface area contributed by atoms with Crippen LogP contribution >= 0.6 is 0 Å². The van der Waals surface area contributed by atoms with E-state index in [1.807, 2.05) is 12.1 Å². The molecule has 1 fully saturated rings. The van der Waals surface area contributed by atoms with Crippen LogP contribution in [0.4, 0.5) is 4.39 Å². The van der Waals surface area contributed by atoms with Gasteiger partial charge in [-0.1, -0.05) is 54.6 Å². The molecule has 1 saturated heterocycles. The first-order chi connectivity index (χ1) is 12.3. The smallest absolute Gasteiger partial charge is 0.127 e. The normalized spacial score (nSPS) is 20.7. The van der Waals surface area contributed by atoms with Crippen LogP contribution in [0, 0.1) is 5.82 Å². The van der Waals surface area contributed by atoms with Gasteiger partial charge in [0.1, 0.15) is 45.1 Å². The molecule has 4 rings (SSSR count). The molecule has 0 radical (unpaired) electrons. The fourth-order valence-corrected chi connectivity index (χ4v) is 3.96. The van der Waals surface area contributed by atoms with Gasteiger partial charge in [-0.2, -0.15) is 0 Å². The number of nitrogens with one attached hydrogen (secondary N) is 2. The molecule has 0 spiro atoms. The maximum atomic E-state index is 13.3. The molecule has 1 aliphatic heterocycles. The van der Waals surface area contributed by atoms with E-state index in [-0.39, 0.29) is 5.82 Å². The Morgan fingerprint density at radius 1 is 0.720 bits per heavy atom. The van der Waals surface area contributed by atoms with Crippen LogP contribution < -0.4 is 9.80 Å². The van der Waals surface area contributed by atoms with E-state index in [4.69, 9.17) is 0 Å². The zero-order valence-corrected chi connectivity index (χ0v) is 14.5. The van der Waals surface area contributed by atoms with Crippen molar-refractivity contribution in [2.45, 2.75) is 13.1 Å². The van der Waals surface area contributed by atoms with E-state index in [0.29, 0.717) is 0 Å². The molecule has 2 nitrogen and oxygen atoms in total. The Bertz CT molecular complexity index is 848. The summed E-state index contributed by atoms with van der Waals surface area (Å²) >= 11 is 0. The quantitative estimate of drug-likeness (QED) is 0.714. The molecule has 3 aromatic rings. The third-order valence-corrected chi connectivity index (χ3v) is 5.33. The Labute approximate surface area is 148 Å². The van der Waals surface area contributed by atoms with Crippen LogP contribution in [-0.2, 0) is 13.1 Å². The predicted octanol–water partition coefficient (Wildman–Crippen LogP) is 1.46. The molecule has 1 aliphatic rings. The third kappa shape index (κ3) is 3.89. The molecule has 3 heteroatoms.